The lowest BCUT2D eigenvalue weighted by Gasteiger charge is -2.27. The maximum atomic E-state index is 9.42. The molecule has 5 rings (SSSR count). The van der Waals surface area contributed by atoms with Gasteiger partial charge in [0.15, 0.2) is 17.2 Å². The zero-order valence-corrected chi connectivity index (χ0v) is 16.3. The summed E-state index contributed by atoms with van der Waals surface area (Å²) in [5.41, 5.74) is 3.48. The van der Waals surface area contributed by atoms with E-state index in [4.69, 9.17) is 4.74 Å². The molecule has 0 aliphatic heterocycles. The van der Waals surface area contributed by atoms with Gasteiger partial charge < -0.3 is 15.4 Å². The number of nitriles is 1. The van der Waals surface area contributed by atoms with Crippen LogP contribution in [0.4, 0.5) is 17.2 Å². The lowest BCUT2D eigenvalue weighted by Crippen LogP contribution is -2.27. The molecule has 3 aromatic heterocycles. The SMILES string of the molecule is COc1cc(Nc2cc(NC3CCC3)c3ncc(C#N)n3n2)cc(-n2cnnc2)c1. The Labute approximate surface area is 172 Å². The Bertz CT molecular complexity index is 1240. The molecule has 0 bridgehead atoms. The largest absolute Gasteiger partial charge is 0.497 e. The number of nitrogens with one attached hydrogen (secondary N) is 2. The number of hydrogen-bond donors (Lipinski definition) is 2. The van der Waals surface area contributed by atoms with Gasteiger partial charge in [-0.25, -0.2) is 4.98 Å². The van der Waals surface area contributed by atoms with E-state index >= 15 is 0 Å². The fourth-order valence-electron chi connectivity index (χ4n) is 3.39. The quantitative estimate of drug-likeness (QED) is 0.506. The van der Waals surface area contributed by atoms with E-state index in [-0.39, 0.29) is 0 Å². The Morgan fingerprint density at radius 2 is 2.00 bits per heavy atom. The van der Waals surface area contributed by atoms with Crippen molar-refractivity contribution >= 4 is 22.8 Å². The van der Waals surface area contributed by atoms with Crippen LogP contribution in [0.1, 0.15) is 25.0 Å². The molecule has 3 heterocycles. The van der Waals surface area contributed by atoms with Gasteiger partial charge in [-0.05, 0) is 25.3 Å². The number of anilines is 3. The van der Waals surface area contributed by atoms with Crippen molar-refractivity contribution in [2.24, 2.45) is 0 Å². The maximum Gasteiger partial charge on any atom is 0.178 e. The fraction of sp³-hybridized carbons (Fsp3) is 0.250. The average molecular weight is 401 g/mol. The molecule has 0 atom stereocenters. The summed E-state index contributed by atoms with van der Waals surface area (Å²) in [6.45, 7) is 0. The molecule has 150 valence electrons. The molecule has 0 saturated heterocycles. The fourth-order valence-corrected chi connectivity index (χ4v) is 3.39. The minimum absolute atomic E-state index is 0.376. The van der Waals surface area contributed by atoms with Gasteiger partial charge in [0.05, 0.1) is 24.7 Å². The van der Waals surface area contributed by atoms with Gasteiger partial charge >= 0.3 is 0 Å². The molecule has 1 aliphatic rings. The van der Waals surface area contributed by atoms with Crippen LogP contribution in [0.15, 0.2) is 43.1 Å². The first-order chi connectivity index (χ1) is 14.7. The van der Waals surface area contributed by atoms with Crippen LogP contribution in [0, 0.1) is 11.3 Å². The van der Waals surface area contributed by atoms with Gasteiger partial charge in [-0.2, -0.15) is 9.78 Å². The topological polar surface area (TPSA) is 118 Å². The Hall–Kier alpha value is -4.13. The van der Waals surface area contributed by atoms with Crippen molar-refractivity contribution in [1.82, 2.24) is 29.4 Å². The first kappa shape index (κ1) is 17.9. The molecule has 2 N–H and O–H groups in total. The number of hydrogen-bond acceptors (Lipinski definition) is 8. The van der Waals surface area contributed by atoms with Crippen molar-refractivity contribution in [2.45, 2.75) is 25.3 Å². The van der Waals surface area contributed by atoms with Crippen molar-refractivity contribution < 1.29 is 4.74 Å². The van der Waals surface area contributed by atoms with Crippen molar-refractivity contribution in [3.05, 3.63) is 48.8 Å². The highest BCUT2D eigenvalue weighted by molar-refractivity contribution is 5.74. The highest BCUT2D eigenvalue weighted by Crippen LogP contribution is 2.30. The molecule has 0 unspecified atom stereocenters. The summed E-state index contributed by atoms with van der Waals surface area (Å²) in [6, 6.07) is 10.2. The van der Waals surface area contributed by atoms with Crippen LogP contribution >= 0.6 is 0 Å². The van der Waals surface area contributed by atoms with E-state index in [1.165, 1.54) is 12.6 Å². The van der Waals surface area contributed by atoms with E-state index in [1.807, 2.05) is 24.3 Å². The second-order valence-corrected chi connectivity index (χ2v) is 7.12. The third-order valence-corrected chi connectivity index (χ3v) is 5.16. The van der Waals surface area contributed by atoms with Crippen LogP contribution in [0.2, 0.25) is 0 Å². The van der Waals surface area contributed by atoms with Crippen molar-refractivity contribution in [3.63, 3.8) is 0 Å². The standard InChI is InChI=1S/C20H19N9O/c1-30-17-6-14(5-15(7-17)28-11-23-24-12-28)26-19-8-18(25-13-3-2-4-13)20-22-10-16(9-21)29(20)27-19/h5-8,10-13,25H,2-4H2,1H3,(H,26,27). The predicted molar refractivity (Wildman–Crippen MR) is 110 cm³/mol. The highest BCUT2D eigenvalue weighted by atomic mass is 16.5. The smallest absolute Gasteiger partial charge is 0.178 e. The molecule has 4 aromatic rings. The summed E-state index contributed by atoms with van der Waals surface area (Å²) >= 11 is 0. The molecular formula is C20H19N9O. The summed E-state index contributed by atoms with van der Waals surface area (Å²) in [4.78, 5) is 4.37. The van der Waals surface area contributed by atoms with Gasteiger partial charge in [0, 0.05) is 29.9 Å². The third kappa shape index (κ3) is 3.26. The van der Waals surface area contributed by atoms with Crippen molar-refractivity contribution in [3.8, 4) is 17.5 Å². The molecule has 10 heteroatoms. The van der Waals surface area contributed by atoms with E-state index in [2.05, 4.69) is 37.0 Å². The lowest BCUT2D eigenvalue weighted by molar-refractivity contribution is 0.415. The van der Waals surface area contributed by atoms with Crippen LogP contribution in [-0.2, 0) is 0 Å². The van der Waals surface area contributed by atoms with Gasteiger partial charge in [-0.1, -0.05) is 0 Å². The van der Waals surface area contributed by atoms with E-state index < -0.39 is 0 Å². The Balaban J connectivity index is 1.55. The number of fused-ring (bicyclic) bond motifs is 1. The number of ether oxygens (including phenoxy) is 1. The molecular weight excluding hydrogens is 382 g/mol. The van der Waals surface area contributed by atoms with Gasteiger partial charge in [-0.3, -0.25) is 4.57 Å². The summed E-state index contributed by atoms with van der Waals surface area (Å²) in [5.74, 6) is 1.26. The van der Waals surface area contributed by atoms with Gasteiger partial charge in [0.25, 0.3) is 0 Å². The van der Waals surface area contributed by atoms with Crippen LogP contribution < -0.4 is 15.4 Å². The molecule has 30 heavy (non-hydrogen) atoms. The zero-order chi connectivity index (χ0) is 20.5. The van der Waals surface area contributed by atoms with E-state index in [1.54, 1.807) is 28.8 Å². The van der Waals surface area contributed by atoms with E-state index in [9.17, 15) is 5.26 Å². The van der Waals surface area contributed by atoms with E-state index in [0.29, 0.717) is 29.0 Å². The van der Waals surface area contributed by atoms with Crippen molar-refractivity contribution in [1.29, 1.82) is 5.26 Å². The molecule has 0 spiro atoms. The lowest BCUT2D eigenvalue weighted by atomic mass is 9.93. The summed E-state index contributed by atoms with van der Waals surface area (Å²) in [7, 11) is 1.62. The Morgan fingerprint density at radius 3 is 2.70 bits per heavy atom. The number of methoxy groups -OCH3 is 1. The number of rotatable bonds is 6. The molecule has 1 saturated carbocycles. The second kappa shape index (κ2) is 7.36. The highest BCUT2D eigenvalue weighted by Gasteiger charge is 2.20. The second-order valence-electron chi connectivity index (χ2n) is 7.12. The normalized spacial score (nSPS) is 13.6. The first-order valence-corrected chi connectivity index (χ1v) is 9.60. The predicted octanol–water partition coefficient (Wildman–Crippen LogP) is 2.90. The minimum atomic E-state index is 0.376. The third-order valence-electron chi connectivity index (χ3n) is 5.16. The first-order valence-electron chi connectivity index (χ1n) is 9.60. The van der Waals surface area contributed by atoms with Crippen LogP contribution in [-0.4, -0.2) is 42.5 Å². The number of aromatic nitrogens is 6. The zero-order valence-electron chi connectivity index (χ0n) is 16.3. The van der Waals surface area contributed by atoms with Gasteiger partial charge in [0.1, 0.15) is 24.5 Å². The van der Waals surface area contributed by atoms with Crippen LogP contribution in [0.25, 0.3) is 11.3 Å². The minimum Gasteiger partial charge on any atom is -0.497 e. The molecule has 1 fully saturated rings. The Morgan fingerprint density at radius 1 is 1.17 bits per heavy atom. The maximum absolute atomic E-state index is 9.42. The molecule has 1 aliphatic carbocycles. The van der Waals surface area contributed by atoms with Gasteiger partial charge in [0.2, 0.25) is 0 Å². The van der Waals surface area contributed by atoms with Gasteiger partial charge in [-0.15, -0.1) is 15.3 Å². The summed E-state index contributed by atoms with van der Waals surface area (Å²) in [6.07, 6.45) is 8.25. The summed E-state index contributed by atoms with van der Waals surface area (Å²) < 4.78 is 8.79. The molecule has 1 aromatic carbocycles. The molecule has 10 nitrogen and oxygen atoms in total. The van der Waals surface area contributed by atoms with Crippen molar-refractivity contribution in [2.75, 3.05) is 17.7 Å². The Kier molecular flexibility index (Phi) is 4.40. The monoisotopic (exact) mass is 401 g/mol. The molecule has 0 radical (unpaired) electrons. The van der Waals surface area contributed by atoms with Crippen LogP contribution in [0.5, 0.6) is 5.75 Å². The number of nitrogens with zero attached hydrogens (tertiary/aromatic N) is 7. The van der Waals surface area contributed by atoms with E-state index in [0.717, 1.165) is 29.9 Å². The average Bonchev–Trinajstić information content (AvgIpc) is 3.40. The summed E-state index contributed by atoms with van der Waals surface area (Å²) in [5, 5.41) is 28.6. The number of benzene rings is 1. The number of imidazole rings is 1. The molecule has 0 amide bonds. The van der Waals surface area contributed by atoms with Crippen LogP contribution in [0.3, 0.4) is 0 Å².